The van der Waals surface area contributed by atoms with Crippen molar-refractivity contribution in [2.45, 2.75) is 51.2 Å². The predicted octanol–water partition coefficient (Wildman–Crippen LogP) is 1.53. The van der Waals surface area contributed by atoms with Crippen LogP contribution >= 0.6 is 0 Å². The number of ether oxygens (including phenoxy) is 1. The number of methoxy groups -OCH3 is 1. The van der Waals surface area contributed by atoms with Crippen LogP contribution in [0.4, 0.5) is 0 Å². The molecule has 0 aromatic heterocycles. The molecule has 1 saturated heterocycles. The van der Waals surface area contributed by atoms with E-state index in [4.69, 9.17) is 4.74 Å². The third kappa shape index (κ3) is 3.19. The fraction of sp³-hybridized carbons (Fsp3) is 1.00. The van der Waals surface area contributed by atoms with Crippen LogP contribution in [0.2, 0.25) is 0 Å². The Balaban J connectivity index is 1.58. The van der Waals surface area contributed by atoms with Gasteiger partial charge < -0.3 is 15.4 Å². The maximum absolute atomic E-state index is 5.35. The molecule has 3 heteroatoms. The highest BCUT2D eigenvalue weighted by Gasteiger charge is 2.40. The molecular formula is C13H26N2O. The molecule has 0 amide bonds. The van der Waals surface area contributed by atoms with Gasteiger partial charge in [-0.25, -0.2) is 0 Å². The van der Waals surface area contributed by atoms with Crippen molar-refractivity contribution >= 4 is 0 Å². The van der Waals surface area contributed by atoms with E-state index in [1.165, 1.54) is 32.2 Å². The first-order valence-electron chi connectivity index (χ1n) is 6.75. The van der Waals surface area contributed by atoms with Crippen LogP contribution in [0.25, 0.3) is 0 Å². The Bertz CT molecular complexity index is 216. The number of nitrogens with one attached hydrogen (secondary N) is 2. The van der Waals surface area contributed by atoms with E-state index in [0.717, 1.165) is 19.5 Å². The van der Waals surface area contributed by atoms with Crippen molar-refractivity contribution in [3.05, 3.63) is 0 Å². The first-order chi connectivity index (χ1) is 7.78. The first kappa shape index (κ1) is 12.3. The van der Waals surface area contributed by atoms with Gasteiger partial charge in [-0.15, -0.1) is 0 Å². The van der Waals surface area contributed by atoms with Crippen LogP contribution in [-0.2, 0) is 4.74 Å². The van der Waals surface area contributed by atoms with Crippen LogP contribution in [-0.4, -0.2) is 38.9 Å². The SMILES string of the molecule is CCCC1(CNCC2CC(OC)CN2)CC1. The van der Waals surface area contributed by atoms with Crippen LogP contribution in [0.15, 0.2) is 0 Å². The van der Waals surface area contributed by atoms with Gasteiger partial charge in [0.15, 0.2) is 0 Å². The van der Waals surface area contributed by atoms with Gasteiger partial charge in [0.1, 0.15) is 0 Å². The van der Waals surface area contributed by atoms with E-state index >= 15 is 0 Å². The second-order valence-electron chi connectivity index (χ2n) is 5.58. The zero-order chi connectivity index (χ0) is 11.4. The molecular weight excluding hydrogens is 200 g/mol. The van der Waals surface area contributed by atoms with Crippen LogP contribution in [0.5, 0.6) is 0 Å². The molecule has 2 aliphatic rings. The zero-order valence-corrected chi connectivity index (χ0v) is 10.7. The van der Waals surface area contributed by atoms with Crippen LogP contribution in [0.3, 0.4) is 0 Å². The molecule has 2 rings (SSSR count). The summed E-state index contributed by atoms with van der Waals surface area (Å²) in [5.41, 5.74) is 0.675. The van der Waals surface area contributed by atoms with Gasteiger partial charge in [0, 0.05) is 32.8 Å². The van der Waals surface area contributed by atoms with Gasteiger partial charge in [-0.3, -0.25) is 0 Å². The molecule has 2 unspecified atom stereocenters. The summed E-state index contributed by atoms with van der Waals surface area (Å²) in [7, 11) is 1.81. The number of rotatable bonds is 7. The Hall–Kier alpha value is -0.120. The average Bonchev–Trinajstić information content (AvgIpc) is 2.89. The Labute approximate surface area is 99.3 Å². The molecule has 1 heterocycles. The molecule has 0 bridgehead atoms. The summed E-state index contributed by atoms with van der Waals surface area (Å²) in [5, 5.41) is 7.15. The average molecular weight is 226 g/mol. The summed E-state index contributed by atoms with van der Waals surface area (Å²) < 4.78 is 5.35. The fourth-order valence-corrected chi connectivity index (χ4v) is 2.85. The molecule has 1 aliphatic carbocycles. The monoisotopic (exact) mass is 226 g/mol. The Morgan fingerprint density at radius 3 is 2.81 bits per heavy atom. The predicted molar refractivity (Wildman–Crippen MR) is 66.6 cm³/mol. The normalized spacial score (nSPS) is 31.9. The summed E-state index contributed by atoms with van der Waals surface area (Å²) in [5.74, 6) is 0. The standard InChI is InChI=1S/C13H26N2O/c1-3-4-13(5-6-13)10-14-8-11-7-12(16-2)9-15-11/h11-12,14-15H,3-10H2,1-2H3. The Morgan fingerprint density at radius 2 is 2.25 bits per heavy atom. The number of hydrogen-bond acceptors (Lipinski definition) is 3. The van der Waals surface area contributed by atoms with E-state index in [0.29, 0.717) is 17.6 Å². The van der Waals surface area contributed by atoms with Crippen molar-refractivity contribution in [2.24, 2.45) is 5.41 Å². The largest absolute Gasteiger partial charge is 0.380 e. The highest BCUT2D eigenvalue weighted by atomic mass is 16.5. The maximum Gasteiger partial charge on any atom is 0.0711 e. The quantitative estimate of drug-likeness (QED) is 0.691. The maximum atomic E-state index is 5.35. The van der Waals surface area contributed by atoms with Crippen molar-refractivity contribution in [1.82, 2.24) is 10.6 Å². The molecule has 2 fully saturated rings. The van der Waals surface area contributed by atoms with Crippen LogP contribution in [0.1, 0.15) is 39.0 Å². The lowest BCUT2D eigenvalue weighted by Gasteiger charge is -2.17. The van der Waals surface area contributed by atoms with Crippen molar-refractivity contribution < 1.29 is 4.74 Å². The molecule has 2 atom stereocenters. The smallest absolute Gasteiger partial charge is 0.0711 e. The molecule has 94 valence electrons. The Kier molecular flexibility index (Phi) is 4.22. The van der Waals surface area contributed by atoms with E-state index in [1.807, 2.05) is 7.11 Å². The second-order valence-corrected chi connectivity index (χ2v) is 5.58. The minimum absolute atomic E-state index is 0.428. The van der Waals surface area contributed by atoms with Gasteiger partial charge in [0.2, 0.25) is 0 Å². The molecule has 2 N–H and O–H groups in total. The van der Waals surface area contributed by atoms with Gasteiger partial charge in [-0.2, -0.15) is 0 Å². The van der Waals surface area contributed by atoms with Gasteiger partial charge >= 0.3 is 0 Å². The third-order valence-electron chi connectivity index (χ3n) is 4.14. The van der Waals surface area contributed by atoms with Gasteiger partial charge in [0.25, 0.3) is 0 Å². The molecule has 0 aromatic carbocycles. The van der Waals surface area contributed by atoms with Crippen LogP contribution in [0, 0.1) is 5.41 Å². The topological polar surface area (TPSA) is 33.3 Å². The van der Waals surface area contributed by atoms with Crippen LogP contribution < -0.4 is 10.6 Å². The summed E-state index contributed by atoms with van der Waals surface area (Å²) >= 11 is 0. The first-order valence-corrected chi connectivity index (χ1v) is 6.75. The highest BCUT2D eigenvalue weighted by Crippen LogP contribution is 2.48. The summed E-state index contributed by atoms with van der Waals surface area (Å²) in [4.78, 5) is 0. The van der Waals surface area contributed by atoms with Crippen molar-refractivity contribution in [3.8, 4) is 0 Å². The van der Waals surface area contributed by atoms with Gasteiger partial charge in [-0.1, -0.05) is 13.3 Å². The van der Waals surface area contributed by atoms with E-state index in [1.54, 1.807) is 0 Å². The van der Waals surface area contributed by atoms with E-state index in [-0.39, 0.29) is 0 Å². The van der Waals surface area contributed by atoms with Crippen molar-refractivity contribution in [3.63, 3.8) is 0 Å². The Morgan fingerprint density at radius 1 is 1.44 bits per heavy atom. The summed E-state index contributed by atoms with van der Waals surface area (Å²) in [6.07, 6.45) is 7.19. The molecule has 0 radical (unpaired) electrons. The van der Waals surface area contributed by atoms with E-state index < -0.39 is 0 Å². The molecule has 1 saturated carbocycles. The summed E-state index contributed by atoms with van der Waals surface area (Å²) in [6.45, 7) is 5.63. The number of hydrogen-bond donors (Lipinski definition) is 2. The summed E-state index contributed by atoms with van der Waals surface area (Å²) in [6, 6.07) is 0.613. The lowest BCUT2D eigenvalue weighted by molar-refractivity contribution is 0.117. The molecule has 1 aliphatic heterocycles. The lowest BCUT2D eigenvalue weighted by atomic mass is 10.0. The minimum Gasteiger partial charge on any atom is -0.380 e. The van der Waals surface area contributed by atoms with E-state index in [9.17, 15) is 0 Å². The highest BCUT2D eigenvalue weighted by molar-refractivity contribution is 4.95. The molecule has 0 aromatic rings. The lowest BCUT2D eigenvalue weighted by Crippen LogP contribution is -2.36. The van der Waals surface area contributed by atoms with E-state index in [2.05, 4.69) is 17.6 Å². The molecule has 16 heavy (non-hydrogen) atoms. The molecule has 0 spiro atoms. The van der Waals surface area contributed by atoms with Gasteiger partial charge in [0.05, 0.1) is 6.10 Å². The molecule has 3 nitrogen and oxygen atoms in total. The zero-order valence-electron chi connectivity index (χ0n) is 10.7. The minimum atomic E-state index is 0.428. The van der Waals surface area contributed by atoms with Gasteiger partial charge in [-0.05, 0) is 31.1 Å². The second kappa shape index (κ2) is 5.48. The fourth-order valence-electron chi connectivity index (χ4n) is 2.85. The third-order valence-corrected chi connectivity index (χ3v) is 4.14. The van der Waals surface area contributed by atoms with Crippen molar-refractivity contribution in [1.29, 1.82) is 0 Å². The van der Waals surface area contributed by atoms with Crippen molar-refractivity contribution in [2.75, 3.05) is 26.7 Å².